The van der Waals surface area contributed by atoms with E-state index in [-0.39, 0.29) is 5.91 Å². The number of pyridine rings is 1. The Morgan fingerprint density at radius 3 is 2.89 bits per heavy atom. The van der Waals surface area contributed by atoms with Crippen molar-refractivity contribution >= 4 is 11.6 Å². The third-order valence-corrected chi connectivity index (χ3v) is 3.69. The predicted octanol–water partition coefficient (Wildman–Crippen LogP) is 2.78. The van der Waals surface area contributed by atoms with Gasteiger partial charge >= 0.3 is 0 Å². The van der Waals surface area contributed by atoms with Gasteiger partial charge in [0.05, 0.1) is 17.4 Å². The molecule has 1 aliphatic heterocycles. The van der Waals surface area contributed by atoms with Crippen LogP contribution in [0.5, 0.6) is 0 Å². The number of nitrogens with one attached hydrogen (secondary N) is 1. The Kier molecular flexibility index (Phi) is 4.77. The van der Waals surface area contributed by atoms with Crippen LogP contribution >= 0.6 is 0 Å². The summed E-state index contributed by atoms with van der Waals surface area (Å²) in [6, 6.07) is 1.82. The average Bonchev–Trinajstić information content (AvgIpc) is 2.45. The summed E-state index contributed by atoms with van der Waals surface area (Å²) < 4.78 is 0. The molecule has 19 heavy (non-hydrogen) atoms. The van der Waals surface area contributed by atoms with Crippen LogP contribution in [-0.2, 0) is 0 Å². The lowest BCUT2D eigenvalue weighted by Crippen LogP contribution is -2.38. The summed E-state index contributed by atoms with van der Waals surface area (Å²) in [5, 5.41) is 3.28. The first-order valence-corrected chi connectivity index (χ1v) is 7.19. The lowest BCUT2D eigenvalue weighted by molar-refractivity contribution is 0.0698. The van der Waals surface area contributed by atoms with Crippen molar-refractivity contribution in [3.8, 4) is 0 Å². The molecular formula is C15H23N3O. The van der Waals surface area contributed by atoms with Gasteiger partial charge in [0.1, 0.15) is 0 Å². The number of rotatable bonds is 4. The van der Waals surface area contributed by atoms with Gasteiger partial charge in [-0.3, -0.25) is 9.78 Å². The minimum Gasteiger partial charge on any atom is -0.383 e. The van der Waals surface area contributed by atoms with E-state index in [2.05, 4.69) is 24.1 Å². The highest BCUT2D eigenvalue weighted by atomic mass is 16.2. The third-order valence-electron chi connectivity index (χ3n) is 3.69. The van der Waals surface area contributed by atoms with Crippen LogP contribution in [0.2, 0.25) is 0 Å². The molecule has 2 heterocycles. The van der Waals surface area contributed by atoms with Crippen LogP contribution in [0.25, 0.3) is 0 Å². The molecule has 0 aromatic carbocycles. The van der Waals surface area contributed by atoms with Crippen molar-refractivity contribution in [3.63, 3.8) is 0 Å². The highest BCUT2D eigenvalue weighted by Crippen LogP contribution is 2.21. The standard InChI is InChI=1S/C15H23N3O/c1-3-7-17-14-11-16-8-4-13(14)15(19)18-9-5-12(2)6-10-18/h4,8,11-12,17H,3,5-7,9-10H2,1-2H3. The first-order valence-electron chi connectivity index (χ1n) is 7.19. The molecule has 1 N–H and O–H groups in total. The smallest absolute Gasteiger partial charge is 0.256 e. The van der Waals surface area contributed by atoms with Crippen molar-refractivity contribution in [1.82, 2.24) is 9.88 Å². The number of nitrogens with zero attached hydrogens (tertiary/aromatic N) is 2. The molecule has 0 radical (unpaired) electrons. The van der Waals surface area contributed by atoms with Gasteiger partial charge in [-0.1, -0.05) is 13.8 Å². The fraction of sp³-hybridized carbons (Fsp3) is 0.600. The second-order valence-electron chi connectivity index (χ2n) is 5.32. The fourth-order valence-corrected chi connectivity index (χ4v) is 2.36. The molecule has 0 unspecified atom stereocenters. The summed E-state index contributed by atoms with van der Waals surface area (Å²) in [5.41, 5.74) is 1.60. The zero-order chi connectivity index (χ0) is 13.7. The van der Waals surface area contributed by atoms with Crippen LogP contribution < -0.4 is 5.32 Å². The number of piperidine rings is 1. The van der Waals surface area contributed by atoms with Crippen molar-refractivity contribution in [3.05, 3.63) is 24.0 Å². The van der Waals surface area contributed by atoms with Crippen LogP contribution in [0.4, 0.5) is 5.69 Å². The lowest BCUT2D eigenvalue weighted by Gasteiger charge is -2.30. The Labute approximate surface area is 115 Å². The molecule has 0 aliphatic carbocycles. The first-order chi connectivity index (χ1) is 9.22. The highest BCUT2D eigenvalue weighted by Gasteiger charge is 2.23. The maximum absolute atomic E-state index is 12.5. The Morgan fingerprint density at radius 1 is 1.47 bits per heavy atom. The predicted molar refractivity (Wildman–Crippen MR) is 77.3 cm³/mol. The molecule has 4 heteroatoms. The van der Waals surface area contributed by atoms with Gasteiger partial charge in [-0.05, 0) is 31.2 Å². The van der Waals surface area contributed by atoms with E-state index in [0.717, 1.165) is 56.1 Å². The topological polar surface area (TPSA) is 45.2 Å². The molecule has 0 bridgehead atoms. The van der Waals surface area contributed by atoms with Crippen molar-refractivity contribution in [2.24, 2.45) is 5.92 Å². The van der Waals surface area contributed by atoms with Crippen LogP contribution in [0.1, 0.15) is 43.5 Å². The molecule has 1 amide bonds. The summed E-state index contributed by atoms with van der Waals surface area (Å²) in [4.78, 5) is 18.6. The Bertz CT molecular complexity index is 425. The number of amides is 1. The number of aromatic nitrogens is 1. The summed E-state index contributed by atoms with van der Waals surface area (Å²) in [5.74, 6) is 0.868. The molecule has 1 aromatic heterocycles. The van der Waals surface area contributed by atoms with Gasteiger partial charge in [-0.25, -0.2) is 0 Å². The van der Waals surface area contributed by atoms with E-state index >= 15 is 0 Å². The molecule has 1 aliphatic rings. The first kappa shape index (κ1) is 13.8. The van der Waals surface area contributed by atoms with Crippen LogP contribution in [0.15, 0.2) is 18.5 Å². The second-order valence-corrected chi connectivity index (χ2v) is 5.32. The number of carbonyl (C=O) groups excluding carboxylic acids is 1. The normalized spacial score (nSPS) is 16.4. The fourth-order valence-electron chi connectivity index (χ4n) is 2.36. The van der Waals surface area contributed by atoms with Crippen molar-refractivity contribution in [1.29, 1.82) is 0 Å². The van der Waals surface area contributed by atoms with Crippen LogP contribution in [-0.4, -0.2) is 35.4 Å². The van der Waals surface area contributed by atoms with E-state index in [0.29, 0.717) is 0 Å². The molecule has 0 saturated carbocycles. The molecular weight excluding hydrogens is 238 g/mol. The molecule has 2 rings (SSSR count). The van der Waals surface area contributed by atoms with E-state index in [4.69, 9.17) is 0 Å². The zero-order valence-electron chi connectivity index (χ0n) is 11.9. The van der Waals surface area contributed by atoms with Gasteiger partial charge in [-0.15, -0.1) is 0 Å². The molecule has 1 aromatic rings. The van der Waals surface area contributed by atoms with Crippen LogP contribution in [0, 0.1) is 5.92 Å². The summed E-state index contributed by atoms with van der Waals surface area (Å²) >= 11 is 0. The van der Waals surface area contributed by atoms with Gasteiger partial charge in [-0.2, -0.15) is 0 Å². The van der Waals surface area contributed by atoms with E-state index < -0.39 is 0 Å². The summed E-state index contributed by atoms with van der Waals surface area (Å²) in [6.07, 6.45) is 6.68. The number of anilines is 1. The average molecular weight is 261 g/mol. The van der Waals surface area contributed by atoms with E-state index in [9.17, 15) is 4.79 Å². The summed E-state index contributed by atoms with van der Waals surface area (Å²) in [7, 11) is 0. The minimum absolute atomic E-state index is 0.132. The largest absolute Gasteiger partial charge is 0.383 e. The van der Waals surface area contributed by atoms with Crippen molar-refractivity contribution in [2.75, 3.05) is 25.0 Å². The maximum atomic E-state index is 12.5. The van der Waals surface area contributed by atoms with Crippen LogP contribution in [0.3, 0.4) is 0 Å². The van der Waals surface area contributed by atoms with Crippen molar-refractivity contribution in [2.45, 2.75) is 33.1 Å². The van der Waals surface area contributed by atoms with Gasteiger partial charge in [0.2, 0.25) is 0 Å². The Balaban J connectivity index is 2.09. The monoisotopic (exact) mass is 261 g/mol. The van der Waals surface area contributed by atoms with Gasteiger partial charge < -0.3 is 10.2 Å². The Hall–Kier alpha value is -1.58. The molecule has 104 valence electrons. The van der Waals surface area contributed by atoms with Gasteiger partial charge in [0.25, 0.3) is 5.91 Å². The molecule has 0 atom stereocenters. The zero-order valence-corrected chi connectivity index (χ0v) is 11.9. The molecule has 0 spiro atoms. The minimum atomic E-state index is 0.132. The highest BCUT2D eigenvalue weighted by molar-refractivity contribution is 5.99. The lowest BCUT2D eigenvalue weighted by atomic mass is 9.98. The van der Waals surface area contributed by atoms with Gasteiger partial charge in [0.15, 0.2) is 0 Å². The van der Waals surface area contributed by atoms with E-state index in [1.54, 1.807) is 12.4 Å². The second kappa shape index (κ2) is 6.55. The SMILES string of the molecule is CCCNc1cnccc1C(=O)N1CCC(C)CC1. The third kappa shape index (κ3) is 3.46. The van der Waals surface area contributed by atoms with E-state index in [1.807, 2.05) is 11.0 Å². The molecule has 4 nitrogen and oxygen atoms in total. The Morgan fingerprint density at radius 2 is 2.21 bits per heavy atom. The summed E-state index contributed by atoms with van der Waals surface area (Å²) in [6.45, 7) is 6.97. The number of hydrogen-bond acceptors (Lipinski definition) is 3. The quantitative estimate of drug-likeness (QED) is 0.906. The molecule has 1 saturated heterocycles. The van der Waals surface area contributed by atoms with Gasteiger partial charge in [0, 0.05) is 25.8 Å². The van der Waals surface area contributed by atoms with Crippen molar-refractivity contribution < 1.29 is 4.79 Å². The maximum Gasteiger partial charge on any atom is 0.256 e. The number of carbonyl (C=O) groups is 1. The number of likely N-dealkylation sites (tertiary alicyclic amines) is 1. The number of hydrogen-bond donors (Lipinski definition) is 1. The molecule has 1 fully saturated rings. The van der Waals surface area contributed by atoms with E-state index in [1.165, 1.54) is 0 Å².